The van der Waals surface area contributed by atoms with E-state index >= 15 is 0 Å². The molecule has 0 spiro atoms. The first-order chi connectivity index (χ1) is 8.60. The topological polar surface area (TPSA) is 34.1 Å². The number of nitrogens with zero attached hydrogens (tertiary/aromatic N) is 1. The highest BCUT2D eigenvalue weighted by Crippen LogP contribution is 2.32. The van der Waals surface area contributed by atoms with Crippen LogP contribution in [0.2, 0.25) is 4.34 Å². The van der Waals surface area contributed by atoms with E-state index in [9.17, 15) is 0 Å². The van der Waals surface area contributed by atoms with E-state index in [2.05, 4.69) is 17.2 Å². The highest BCUT2D eigenvalue weighted by atomic mass is 35.5. The van der Waals surface area contributed by atoms with Crippen LogP contribution in [0.3, 0.4) is 0 Å². The molecule has 0 aliphatic heterocycles. The first-order valence-electron chi connectivity index (χ1n) is 5.62. The van der Waals surface area contributed by atoms with Gasteiger partial charge in [0.2, 0.25) is 0 Å². The maximum absolute atomic E-state index is 5.95. The van der Waals surface area contributed by atoms with Gasteiger partial charge in [-0.3, -0.25) is 4.98 Å². The third kappa shape index (κ3) is 2.94. The summed E-state index contributed by atoms with van der Waals surface area (Å²) in [6.45, 7) is 4.05. The fourth-order valence-corrected chi connectivity index (χ4v) is 2.75. The van der Waals surface area contributed by atoms with E-state index in [1.807, 2.05) is 25.1 Å². The maximum Gasteiger partial charge on any atom is 0.160 e. The molecule has 1 unspecified atom stereocenters. The molecule has 3 nitrogen and oxygen atoms in total. The van der Waals surface area contributed by atoms with Crippen LogP contribution in [0.1, 0.15) is 23.5 Å². The number of aromatic nitrogens is 1. The number of aryl methyl sites for hydroxylation is 1. The quantitative estimate of drug-likeness (QED) is 0.908. The van der Waals surface area contributed by atoms with Crippen molar-refractivity contribution < 1.29 is 4.74 Å². The molecule has 0 saturated heterocycles. The Bertz CT molecular complexity index is 542. The molecule has 0 aliphatic carbocycles. The van der Waals surface area contributed by atoms with Crippen LogP contribution in [-0.2, 0) is 0 Å². The van der Waals surface area contributed by atoms with Crippen LogP contribution in [0, 0.1) is 6.92 Å². The summed E-state index contributed by atoms with van der Waals surface area (Å²) in [6, 6.07) is 6.10. The minimum atomic E-state index is 0.179. The minimum absolute atomic E-state index is 0.179. The Morgan fingerprint density at radius 3 is 2.83 bits per heavy atom. The SMILES string of the molecule is COc1cnc(C)cc1NC(C)c1ccc(Cl)s1. The average Bonchev–Trinajstić information content (AvgIpc) is 2.76. The van der Waals surface area contributed by atoms with E-state index in [4.69, 9.17) is 16.3 Å². The van der Waals surface area contributed by atoms with E-state index < -0.39 is 0 Å². The molecule has 1 atom stereocenters. The molecular formula is C13H15ClN2OS. The summed E-state index contributed by atoms with van der Waals surface area (Å²) in [5.74, 6) is 0.745. The summed E-state index contributed by atoms with van der Waals surface area (Å²) in [4.78, 5) is 5.40. The van der Waals surface area contributed by atoms with Gasteiger partial charge >= 0.3 is 0 Å². The molecule has 0 radical (unpaired) electrons. The number of rotatable bonds is 4. The van der Waals surface area contributed by atoms with Crippen molar-refractivity contribution in [1.29, 1.82) is 0 Å². The fraction of sp³-hybridized carbons (Fsp3) is 0.308. The number of methoxy groups -OCH3 is 1. The number of hydrogen-bond donors (Lipinski definition) is 1. The second-order valence-corrected chi connectivity index (χ2v) is 5.78. The average molecular weight is 283 g/mol. The zero-order chi connectivity index (χ0) is 13.1. The molecule has 0 aliphatic rings. The molecule has 1 N–H and O–H groups in total. The van der Waals surface area contributed by atoms with Gasteiger partial charge in [0.05, 0.1) is 29.4 Å². The summed E-state index contributed by atoms with van der Waals surface area (Å²) in [5.41, 5.74) is 1.90. The second kappa shape index (κ2) is 5.59. The third-order valence-electron chi connectivity index (χ3n) is 2.62. The number of ether oxygens (including phenoxy) is 1. The van der Waals surface area contributed by atoms with Gasteiger partial charge in [0.15, 0.2) is 5.75 Å². The molecule has 2 aromatic heterocycles. The van der Waals surface area contributed by atoms with Crippen molar-refractivity contribution in [3.05, 3.63) is 39.3 Å². The van der Waals surface area contributed by atoms with Gasteiger partial charge in [-0.05, 0) is 32.0 Å². The van der Waals surface area contributed by atoms with Gasteiger partial charge < -0.3 is 10.1 Å². The van der Waals surface area contributed by atoms with Crippen LogP contribution < -0.4 is 10.1 Å². The highest BCUT2D eigenvalue weighted by Gasteiger charge is 2.11. The Hall–Kier alpha value is -1.26. The van der Waals surface area contributed by atoms with Crippen molar-refractivity contribution in [2.45, 2.75) is 19.9 Å². The molecule has 0 saturated carbocycles. The zero-order valence-corrected chi connectivity index (χ0v) is 12.1. The Morgan fingerprint density at radius 1 is 1.44 bits per heavy atom. The monoisotopic (exact) mass is 282 g/mol. The first kappa shape index (κ1) is 13.2. The van der Waals surface area contributed by atoms with Gasteiger partial charge in [-0.15, -0.1) is 11.3 Å². The van der Waals surface area contributed by atoms with E-state index in [0.717, 1.165) is 21.5 Å². The van der Waals surface area contributed by atoms with Gasteiger partial charge in [-0.25, -0.2) is 0 Å². The van der Waals surface area contributed by atoms with Crippen molar-refractivity contribution in [2.24, 2.45) is 0 Å². The van der Waals surface area contributed by atoms with Crippen LogP contribution in [-0.4, -0.2) is 12.1 Å². The summed E-state index contributed by atoms with van der Waals surface area (Å²) >= 11 is 7.53. The maximum atomic E-state index is 5.95. The summed E-state index contributed by atoms with van der Waals surface area (Å²) < 4.78 is 6.10. The number of hydrogen-bond acceptors (Lipinski definition) is 4. The molecule has 18 heavy (non-hydrogen) atoms. The molecular weight excluding hydrogens is 268 g/mol. The summed E-state index contributed by atoms with van der Waals surface area (Å²) in [6.07, 6.45) is 1.73. The zero-order valence-electron chi connectivity index (χ0n) is 10.5. The van der Waals surface area contributed by atoms with Crippen LogP contribution in [0.5, 0.6) is 5.75 Å². The van der Waals surface area contributed by atoms with Crippen molar-refractivity contribution in [2.75, 3.05) is 12.4 Å². The Balaban J connectivity index is 2.20. The van der Waals surface area contributed by atoms with Crippen molar-refractivity contribution in [3.63, 3.8) is 0 Å². The molecule has 2 heterocycles. The standard InChI is InChI=1S/C13H15ClN2OS/c1-8-6-10(11(17-3)7-15-8)16-9(2)12-4-5-13(14)18-12/h4-7,9H,1-3H3,(H,15,16). The van der Waals surface area contributed by atoms with E-state index in [1.165, 1.54) is 4.88 Å². The number of pyridine rings is 1. The lowest BCUT2D eigenvalue weighted by molar-refractivity contribution is 0.414. The fourth-order valence-electron chi connectivity index (χ4n) is 1.69. The molecule has 5 heteroatoms. The molecule has 2 rings (SSSR count). The smallest absolute Gasteiger partial charge is 0.160 e. The van der Waals surface area contributed by atoms with Crippen molar-refractivity contribution in [3.8, 4) is 5.75 Å². The number of halogens is 1. The molecule has 0 aromatic carbocycles. The summed E-state index contributed by atoms with van der Waals surface area (Å²) in [5, 5.41) is 3.42. The largest absolute Gasteiger partial charge is 0.493 e. The number of thiophene rings is 1. The predicted molar refractivity (Wildman–Crippen MR) is 76.9 cm³/mol. The van der Waals surface area contributed by atoms with Gasteiger partial charge in [0.25, 0.3) is 0 Å². The van der Waals surface area contributed by atoms with Crippen molar-refractivity contribution in [1.82, 2.24) is 4.98 Å². The predicted octanol–water partition coefficient (Wildman–Crippen LogP) is 4.29. The molecule has 0 amide bonds. The highest BCUT2D eigenvalue weighted by molar-refractivity contribution is 7.16. The molecule has 0 bridgehead atoms. The number of anilines is 1. The number of nitrogens with one attached hydrogen (secondary N) is 1. The third-order valence-corrected chi connectivity index (χ3v) is 4.03. The second-order valence-electron chi connectivity index (χ2n) is 4.03. The molecule has 2 aromatic rings. The first-order valence-corrected chi connectivity index (χ1v) is 6.82. The molecule has 96 valence electrons. The Morgan fingerprint density at radius 2 is 2.22 bits per heavy atom. The molecule has 0 fully saturated rings. The summed E-state index contributed by atoms with van der Waals surface area (Å²) in [7, 11) is 1.64. The lowest BCUT2D eigenvalue weighted by atomic mass is 10.2. The van der Waals surface area contributed by atoms with Crippen molar-refractivity contribution >= 4 is 28.6 Å². The van der Waals surface area contributed by atoms with E-state index in [1.54, 1.807) is 24.6 Å². The minimum Gasteiger partial charge on any atom is -0.493 e. The van der Waals surface area contributed by atoms with Crippen LogP contribution in [0.15, 0.2) is 24.4 Å². The van der Waals surface area contributed by atoms with Gasteiger partial charge in [-0.1, -0.05) is 11.6 Å². The Labute approximate surface area is 116 Å². The lowest BCUT2D eigenvalue weighted by Gasteiger charge is -2.16. The van der Waals surface area contributed by atoms with E-state index in [-0.39, 0.29) is 6.04 Å². The van der Waals surface area contributed by atoms with Gasteiger partial charge in [-0.2, -0.15) is 0 Å². The van der Waals surface area contributed by atoms with Crippen LogP contribution in [0.4, 0.5) is 5.69 Å². The van der Waals surface area contributed by atoms with Gasteiger partial charge in [0.1, 0.15) is 0 Å². The van der Waals surface area contributed by atoms with E-state index in [0.29, 0.717) is 0 Å². The van der Waals surface area contributed by atoms with Crippen LogP contribution in [0.25, 0.3) is 0 Å². The van der Waals surface area contributed by atoms with Gasteiger partial charge in [0, 0.05) is 10.6 Å². The Kier molecular flexibility index (Phi) is 4.09. The van der Waals surface area contributed by atoms with Crippen LogP contribution >= 0.6 is 22.9 Å². The lowest BCUT2D eigenvalue weighted by Crippen LogP contribution is -2.06. The normalized spacial score (nSPS) is 12.2.